The first-order valence-corrected chi connectivity index (χ1v) is 16.1. The third-order valence-electron chi connectivity index (χ3n) is 9.04. The van der Waals surface area contributed by atoms with Crippen LogP contribution in [0.5, 0.6) is 0 Å². The predicted molar refractivity (Wildman–Crippen MR) is 188 cm³/mol. The van der Waals surface area contributed by atoms with Crippen molar-refractivity contribution in [2.24, 2.45) is 5.41 Å². The molecule has 4 aromatic carbocycles. The second-order valence-corrected chi connectivity index (χ2v) is 13.5. The minimum Gasteiger partial charge on any atom is -0.377 e. The van der Waals surface area contributed by atoms with Gasteiger partial charge in [-0.05, 0) is 65.5 Å². The summed E-state index contributed by atoms with van der Waals surface area (Å²) in [7, 11) is 0. The van der Waals surface area contributed by atoms with Crippen LogP contribution in [0.15, 0.2) is 115 Å². The number of rotatable bonds is 8. The van der Waals surface area contributed by atoms with Crippen LogP contribution < -0.4 is 10.6 Å². The molecule has 0 spiro atoms. The zero-order valence-electron chi connectivity index (χ0n) is 26.9. The van der Waals surface area contributed by atoms with Gasteiger partial charge in [0.1, 0.15) is 0 Å². The summed E-state index contributed by atoms with van der Waals surface area (Å²) in [6.45, 7) is 13.7. The lowest BCUT2D eigenvalue weighted by molar-refractivity contribution is 0.416. The Morgan fingerprint density at radius 3 is 2.07 bits per heavy atom. The minimum atomic E-state index is 0.0595. The fraction of sp³-hybridized carbons (Fsp3) is 0.293. The molecule has 1 aliphatic rings. The van der Waals surface area contributed by atoms with Gasteiger partial charge >= 0.3 is 0 Å². The summed E-state index contributed by atoms with van der Waals surface area (Å²) < 4.78 is 0. The Kier molecular flexibility index (Phi) is 8.42. The highest BCUT2D eigenvalue weighted by Crippen LogP contribution is 2.43. The molecule has 0 saturated heterocycles. The molecule has 1 aromatic heterocycles. The Hall–Kier alpha value is -4.21. The second-order valence-electron chi connectivity index (χ2n) is 13.5. The topological polar surface area (TPSA) is 37.0 Å². The van der Waals surface area contributed by atoms with Gasteiger partial charge in [-0.1, -0.05) is 137 Å². The Morgan fingerprint density at radius 2 is 1.39 bits per heavy atom. The fourth-order valence-electron chi connectivity index (χ4n) is 6.58. The van der Waals surface area contributed by atoms with Crippen LogP contribution in [-0.2, 0) is 0 Å². The summed E-state index contributed by atoms with van der Waals surface area (Å²) in [5, 5.41) is 8.91. The van der Waals surface area contributed by atoms with Crippen molar-refractivity contribution in [3.8, 4) is 11.1 Å². The van der Waals surface area contributed by atoms with E-state index in [0.717, 1.165) is 23.3 Å². The molecule has 1 aliphatic heterocycles. The number of benzene rings is 4. The SMILES string of the molecule is CC1C=C(C(C)(C)C)c2ccc3ccc(C(C)NC(CC(C)c4ccccc4)c4ccc(-c5ccccc5)cc4)nc3c2N1. The lowest BCUT2D eigenvalue weighted by Gasteiger charge is -2.32. The van der Waals surface area contributed by atoms with Crippen LogP contribution in [0.3, 0.4) is 0 Å². The molecule has 5 aromatic rings. The Bertz CT molecular complexity index is 1750. The highest BCUT2D eigenvalue weighted by atomic mass is 15.0. The maximum atomic E-state index is 5.32. The van der Waals surface area contributed by atoms with E-state index in [1.165, 1.54) is 38.8 Å². The van der Waals surface area contributed by atoms with Crippen molar-refractivity contribution in [3.63, 3.8) is 0 Å². The fourth-order valence-corrected chi connectivity index (χ4v) is 6.58. The molecule has 0 amide bonds. The van der Waals surface area contributed by atoms with Crippen LogP contribution in [0.1, 0.15) is 88.3 Å². The Morgan fingerprint density at radius 1 is 0.750 bits per heavy atom. The average molecular weight is 580 g/mol. The number of nitrogens with zero attached hydrogens (tertiary/aromatic N) is 1. The standard InChI is InChI=1S/C41H45N3/c1-27(30-13-9-7-10-14-30)25-38(33-19-17-32(18-20-33)31-15-11-8-12-16-31)43-29(3)37-24-22-34-21-23-35-36(41(4,5)6)26-28(2)42-40(35)39(34)44-37/h7-24,26-29,38,42-43H,25H2,1-6H3. The van der Waals surface area contributed by atoms with E-state index in [1.54, 1.807) is 0 Å². The third-order valence-corrected chi connectivity index (χ3v) is 9.04. The van der Waals surface area contributed by atoms with Crippen LogP contribution in [0, 0.1) is 5.41 Å². The summed E-state index contributed by atoms with van der Waals surface area (Å²) in [6, 6.07) is 39.9. The van der Waals surface area contributed by atoms with Gasteiger partial charge in [-0.15, -0.1) is 0 Å². The first-order valence-electron chi connectivity index (χ1n) is 16.1. The normalized spacial score (nSPS) is 16.9. The summed E-state index contributed by atoms with van der Waals surface area (Å²) in [5.41, 5.74) is 11.1. The number of nitrogens with one attached hydrogen (secondary N) is 2. The van der Waals surface area contributed by atoms with E-state index in [4.69, 9.17) is 4.98 Å². The van der Waals surface area contributed by atoms with E-state index >= 15 is 0 Å². The molecule has 2 N–H and O–H groups in total. The molecule has 4 atom stereocenters. The Balaban J connectivity index is 1.32. The third kappa shape index (κ3) is 6.34. The molecule has 0 saturated carbocycles. The van der Waals surface area contributed by atoms with Gasteiger partial charge in [0.05, 0.1) is 16.9 Å². The number of fused-ring (bicyclic) bond motifs is 3. The molecular weight excluding hydrogens is 534 g/mol. The maximum Gasteiger partial charge on any atom is 0.0943 e. The van der Waals surface area contributed by atoms with Crippen molar-refractivity contribution in [3.05, 3.63) is 138 Å². The molecule has 0 radical (unpaired) electrons. The van der Waals surface area contributed by atoms with E-state index in [0.29, 0.717) is 5.92 Å². The zero-order valence-corrected chi connectivity index (χ0v) is 26.9. The highest BCUT2D eigenvalue weighted by molar-refractivity contribution is 5.99. The smallest absolute Gasteiger partial charge is 0.0943 e. The summed E-state index contributed by atoms with van der Waals surface area (Å²) in [6.07, 6.45) is 3.35. The Labute approximate surface area is 263 Å². The van der Waals surface area contributed by atoms with Gasteiger partial charge in [-0.25, -0.2) is 4.98 Å². The van der Waals surface area contributed by atoms with Gasteiger partial charge in [0, 0.05) is 29.1 Å². The molecule has 4 unspecified atom stereocenters. The first kappa shape index (κ1) is 29.8. The number of pyridine rings is 1. The van der Waals surface area contributed by atoms with Crippen LogP contribution in [0.2, 0.25) is 0 Å². The van der Waals surface area contributed by atoms with Gasteiger partial charge in [-0.2, -0.15) is 0 Å². The van der Waals surface area contributed by atoms with E-state index in [-0.39, 0.29) is 23.5 Å². The predicted octanol–water partition coefficient (Wildman–Crippen LogP) is 10.7. The van der Waals surface area contributed by atoms with Crippen LogP contribution in [0.25, 0.3) is 27.6 Å². The van der Waals surface area contributed by atoms with Crippen molar-refractivity contribution >= 4 is 22.2 Å². The number of aromatic nitrogens is 1. The molecular formula is C41H45N3. The van der Waals surface area contributed by atoms with Gasteiger partial charge in [-0.3, -0.25) is 0 Å². The lowest BCUT2D eigenvalue weighted by atomic mass is 9.78. The summed E-state index contributed by atoms with van der Waals surface area (Å²) in [5.74, 6) is 0.402. The summed E-state index contributed by atoms with van der Waals surface area (Å²) in [4.78, 5) is 5.32. The molecule has 2 heterocycles. The zero-order chi connectivity index (χ0) is 30.8. The first-order chi connectivity index (χ1) is 21.2. The van der Waals surface area contributed by atoms with E-state index in [9.17, 15) is 0 Å². The number of hydrogen-bond acceptors (Lipinski definition) is 3. The molecule has 3 heteroatoms. The van der Waals surface area contributed by atoms with Crippen molar-refractivity contribution in [1.29, 1.82) is 0 Å². The van der Waals surface area contributed by atoms with Crippen LogP contribution in [0.4, 0.5) is 5.69 Å². The largest absolute Gasteiger partial charge is 0.377 e. The van der Waals surface area contributed by atoms with Gasteiger partial charge < -0.3 is 10.6 Å². The van der Waals surface area contributed by atoms with Crippen LogP contribution in [-0.4, -0.2) is 11.0 Å². The number of hydrogen-bond donors (Lipinski definition) is 2. The molecule has 224 valence electrons. The van der Waals surface area contributed by atoms with Crippen molar-refractivity contribution in [1.82, 2.24) is 10.3 Å². The summed E-state index contributed by atoms with van der Waals surface area (Å²) >= 11 is 0. The maximum absolute atomic E-state index is 5.32. The molecule has 3 nitrogen and oxygen atoms in total. The highest BCUT2D eigenvalue weighted by Gasteiger charge is 2.27. The monoisotopic (exact) mass is 579 g/mol. The van der Waals surface area contributed by atoms with E-state index < -0.39 is 0 Å². The van der Waals surface area contributed by atoms with Gasteiger partial charge in [0.15, 0.2) is 0 Å². The van der Waals surface area contributed by atoms with E-state index in [2.05, 4.69) is 167 Å². The number of anilines is 1. The molecule has 0 aliphatic carbocycles. The van der Waals surface area contributed by atoms with E-state index in [1.807, 2.05) is 0 Å². The molecule has 0 bridgehead atoms. The van der Waals surface area contributed by atoms with Crippen molar-refractivity contribution in [2.75, 3.05) is 5.32 Å². The van der Waals surface area contributed by atoms with Gasteiger partial charge in [0.2, 0.25) is 0 Å². The number of allylic oxidation sites excluding steroid dienone is 1. The molecule has 6 rings (SSSR count). The second kappa shape index (κ2) is 12.4. The van der Waals surface area contributed by atoms with Crippen molar-refractivity contribution in [2.45, 2.75) is 72.0 Å². The minimum absolute atomic E-state index is 0.0595. The quantitative estimate of drug-likeness (QED) is 0.192. The average Bonchev–Trinajstić information content (AvgIpc) is 3.04. The lowest BCUT2D eigenvalue weighted by Crippen LogP contribution is -2.27. The molecule has 0 fully saturated rings. The molecule has 44 heavy (non-hydrogen) atoms. The van der Waals surface area contributed by atoms with Crippen LogP contribution >= 0.6 is 0 Å². The van der Waals surface area contributed by atoms with Crippen molar-refractivity contribution < 1.29 is 0 Å². The van der Waals surface area contributed by atoms with Gasteiger partial charge in [0.25, 0.3) is 0 Å².